The van der Waals surface area contributed by atoms with Gasteiger partial charge in [0, 0.05) is 32.7 Å². The second-order valence-electron chi connectivity index (χ2n) is 3.29. The van der Waals surface area contributed by atoms with Gasteiger partial charge in [0.1, 0.15) is 0 Å². The zero-order chi connectivity index (χ0) is 9.14. The minimum absolute atomic E-state index is 0.151. The van der Waals surface area contributed by atoms with Gasteiger partial charge in [0.2, 0.25) is 0 Å². The van der Waals surface area contributed by atoms with Gasteiger partial charge in [0.15, 0.2) is 0 Å². The number of likely N-dealkylation sites (N-methyl/N-ethyl adjacent to an activating group) is 2. The smallest absolute Gasteiger partial charge is 0.320 e. The predicted molar refractivity (Wildman–Crippen MR) is 48.1 cm³/mol. The molecule has 4 heteroatoms. The number of hydrogen-bond acceptors (Lipinski definition) is 2. The molecule has 4 nitrogen and oxygen atoms in total. The lowest BCUT2D eigenvalue weighted by Crippen LogP contribution is -2.34. The zero-order valence-corrected chi connectivity index (χ0v) is 8.00. The fourth-order valence-corrected chi connectivity index (χ4v) is 1.36. The molecule has 2 amide bonds. The highest BCUT2D eigenvalue weighted by Gasteiger charge is 2.30. The zero-order valence-electron chi connectivity index (χ0n) is 8.00. The van der Waals surface area contributed by atoms with E-state index >= 15 is 0 Å². The summed E-state index contributed by atoms with van der Waals surface area (Å²) in [6.07, 6.45) is 0. The van der Waals surface area contributed by atoms with Gasteiger partial charge in [0.25, 0.3) is 0 Å². The maximum atomic E-state index is 11.4. The van der Waals surface area contributed by atoms with Crippen LogP contribution in [0.3, 0.4) is 0 Å². The lowest BCUT2D eigenvalue weighted by Gasteiger charge is -2.15. The standard InChI is InChI=1S/C8H17N3O/c1-7-6-11(5-4-9-2)8(12)10(7)3/h7,9H,4-6H2,1-3H3. The van der Waals surface area contributed by atoms with E-state index in [0.29, 0.717) is 6.04 Å². The lowest BCUT2D eigenvalue weighted by atomic mass is 10.3. The van der Waals surface area contributed by atoms with Crippen molar-refractivity contribution in [1.82, 2.24) is 15.1 Å². The van der Waals surface area contributed by atoms with Crippen molar-refractivity contribution < 1.29 is 4.79 Å². The Balaban J connectivity index is 2.42. The van der Waals surface area contributed by atoms with Crippen LogP contribution in [0.5, 0.6) is 0 Å². The summed E-state index contributed by atoms with van der Waals surface area (Å²) in [6.45, 7) is 4.60. The molecule has 0 aromatic carbocycles. The van der Waals surface area contributed by atoms with Crippen LogP contribution in [0.2, 0.25) is 0 Å². The molecule has 1 fully saturated rings. The van der Waals surface area contributed by atoms with Gasteiger partial charge in [-0.1, -0.05) is 0 Å². The van der Waals surface area contributed by atoms with Crippen LogP contribution in [0.25, 0.3) is 0 Å². The van der Waals surface area contributed by atoms with Crippen LogP contribution in [0.4, 0.5) is 4.79 Å². The summed E-state index contributed by atoms with van der Waals surface area (Å²) < 4.78 is 0. The first kappa shape index (κ1) is 9.32. The van der Waals surface area contributed by atoms with E-state index in [9.17, 15) is 4.79 Å². The molecule has 0 aromatic rings. The molecule has 0 bridgehead atoms. The Morgan fingerprint density at radius 2 is 2.33 bits per heavy atom. The minimum Gasteiger partial charge on any atom is -0.323 e. The van der Waals surface area contributed by atoms with Crippen LogP contribution in [0.1, 0.15) is 6.92 Å². The number of amides is 2. The van der Waals surface area contributed by atoms with Gasteiger partial charge >= 0.3 is 6.03 Å². The summed E-state index contributed by atoms with van der Waals surface area (Å²) in [6, 6.07) is 0.507. The highest BCUT2D eigenvalue weighted by atomic mass is 16.2. The first-order valence-corrected chi connectivity index (χ1v) is 4.33. The van der Waals surface area contributed by atoms with Crippen molar-refractivity contribution in [3.8, 4) is 0 Å². The molecule has 0 radical (unpaired) electrons. The van der Waals surface area contributed by atoms with E-state index in [1.54, 1.807) is 4.90 Å². The number of carbonyl (C=O) groups excluding carboxylic acids is 1. The second-order valence-corrected chi connectivity index (χ2v) is 3.29. The summed E-state index contributed by atoms with van der Waals surface area (Å²) in [7, 11) is 3.75. The second kappa shape index (κ2) is 3.76. The van der Waals surface area contributed by atoms with Crippen molar-refractivity contribution in [2.24, 2.45) is 0 Å². The Morgan fingerprint density at radius 3 is 2.75 bits per heavy atom. The van der Waals surface area contributed by atoms with Gasteiger partial charge in [-0.05, 0) is 14.0 Å². The molecule has 1 aliphatic rings. The molecule has 0 aliphatic carbocycles. The monoisotopic (exact) mass is 171 g/mol. The first-order valence-electron chi connectivity index (χ1n) is 4.33. The van der Waals surface area contributed by atoms with Gasteiger partial charge in [0.05, 0.1) is 0 Å². The average Bonchev–Trinajstić information content (AvgIpc) is 2.30. The van der Waals surface area contributed by atoms with E-state index in [0.717, 1.165) is 19.6 Å². The quantitative estimate of drug-likeness (QED) is 0.647. The van der Waals surface area contributed by atoms with Gasteiger partial charge in [-0.3, -0.25) is 0 Å². The molecular formula is C8H17N3O. The van der Waals surface area contributed by atoms with Crippen molar-refractivity contribution in [3.05, 3.63) is 0 Å². The number of hydrogen-bond donors (Lipinski definition) is 1. The molecule has 1 aliphatic heterocycles. The van der Waals surface area contributed by atoms with Crippen LogP contribution >= 0.6 is 0 Å². The number of nitrogens with one attached hydrogen (secondary N) is 1. The van der Waals surface area contributed by atoms with Crippen molar-refractivity contribution >= 4 is 6.03 Å². The van der Waals surface area contributed by atoms with E-state index in [2.05, 4.69) is 12.2 Å². The molecule has 0 aromatic heterocycles. The Bertz CT molecular complexity index is 172. The van der Waals surface area contributed by atoms with Crippen molar-refractivity contribution in [3.63, 3.8) is 0 Å². The fourth-order valence-electron chi connectivity index (χ4n) is 1.36. The normalized spacial score (nSPS) is 23.9. The minimum atomic E-state index is 0.151. The Morgan fingerprint density at radius 1 is 1.67 bits per heavy atom. The van der Waals surface area contributed by atoms with Crippen LogP contribution in [0, 0.1) is 0 Å². The topological polar surface area (TPSA) is 35.6 Å². The van der Waals surface area contributed by atoms with Gasteiger partial charge in [-0.2, -0.15) is 0 Å². The number of rotatable bonds is 3. The van der Waals surface area contributed by atoms with Crippen molar-refractivity contribution in [2.45, 2.75) is 13.0 Å². The third-order valence-electron chi connectivity index (χ3n) is 2.35. The summed E-state index contributed by atoms with van der Waals surface area (Å²) >= 11 is 0. The van der Waals surface area contributed by atoms with Gasteiger partial charge in [-0.15, -0.1) is 0 Å². The molecule has 12 heavy (non-hydrogen) atoms. The van der Waals surface area contributed by atoms with E-state index in [4.69, 9.17) is 0 Å². The maximum Gasteiger partial charge on any atom is 0.320 e. The molecule has 0 spiro atoms. The highest BCUT2D eigenvalue weighted by Crippen LogP contribution is 2.11. The van der Waals surface area contributed by atoms with E-state index in [-0.39, 0.29) is 6.03 Å². The van der Waals surface area contributed by atoms with Gasteiger partial charge in [-0.25, -0.2) is 4.79 Å². The van der Waals surface area contributed by atoms with Gasteiger partial charge < -0.3 is 15.1 Å². The summed E-state index contributed by atoms with van der Waals surface area (Å²) in [5.74, 6) is 0. The van der Waals surface area contributed by atoms with E-state index in [1.807, 2.05) is 19.0 Å². The Labute approximate surface area is 73.5 Å². The summed E-state index contributed by atoms with van der Waals surface area (Å²) in [4.78, 5) is 15.1. The Hall–Kier alpha value is -0.770. The van der Waals surface area contributed by atoms with Crippen molar-refractivity contribution in [2.75, 3.05) is 33.7 Å². The average molecular weight is 171 g/mol. The van der Waals surface area contributed by atoms with Crippen molar-refractivity contribution in [1.29, 1.82) is 0 Å². The molecule has 1 unspecified atom stereocenters. The number of urea groups is 1. The third-order valence-corrected chi connectivity index (χ3v) is 2.35. The predicted octanol–water partition coefficient (Wildman–Crippen LogP) is -0.0383. The van der Waals surface area contributed by atoms with E-state index < -0.39 is 0 Å². The van der Waals surface area contributed by atoms with Crippen LogP contribution in [-0.2, 0) is 0 Å². The first-order chi connectivity index (χ1) is 5.66. The number of carbonyl (C=O) groups is 1. The molecule has 1 atom stereocenters. The van der Waals surface area contributed by atoms with E-state index in [1.165, 1.54) is 0 Å². The highest BCUT2D eigenvalue weighted by molar-refractivity contribution is 5.76. The largest absolute Gasteiger partial charge is 0.323 e. The summed E-state index contributed by atoms with van der Waals surface area (Å²) in [5.41, 5.74) is 0. The molecule has 1 rings (SSSR count). The van der Waals surface area contributed by atoms with Crippen LogP contribution in [-0.4, -0.2) is 55.6 Å². The molecule has 70 valence electrons. The maximum absolute atomic E-state index is 11.4. The SMILES string of the molecule is CNCCN1CC(C)N(C)C1=O. The number of nitrogens with zero attached hydrogens (tertiary/aromatic N) is 2. The lowest BCUT2D eigenvalue weighted by molar-refractivity contribution is 0.196. The molecular weight excluding hydrogens is 154 g/mol. The molecule has 1 N–H and O–H groups in total. The Kier molecular flexibility index (Phi) is 2.92. The molecule has 1 heterocycles. The third kappa shape index (κ3) is 1.69. The molecule has 1 saturated heterocycles. The molecule has 0 saturated carbocycles. The fraction of sp³-hybridized carbons (Fsp3) is 0.875. The summed E-state index contributed by atoms with van der Waals surface area (Å²) in [5, 5.41) is 3.03. The van der Waals surface area contributed by atoms with Crippen LogP contribution in [0.15, 0.2) is 0 Å². The van der Waals surface area contributed by atoms with Crippen LogP contribution < -0.4 is 5.32 Å².